The molecule has 2 aromatic rings. The number of nitrogens with zero attached hydrogens (tertiary/aromatic N) is 3. The number of hydrogen-bond acceptors (Lipinski definition) is 3. The van der Waals surface area contributed by atoms with Crippen molar-refractivity contribution in [2.24, 2.45) is 5.92 Å². The number of fused-ring (bicyclic) bond motifs is 1. The van der Waals surface area contributed by atoms with Gasteiger partial charge in [-0.3, -0.25) is 0 Å². The van der Waals surface area contributed by atoms with Crippen LogP contribution in [-0.2, 0) is 6.42 Å². The third-order valence-electron chi connectivity index (χ3n) is 4.50. The quantitative estimate of drug-likeness (QED) is 0.798. The molecule has 0 saturated carbocycles. The number of H-pyrrole nitrogens is 1. The first-order valence-electron chi connectivity index (χ1n) is 8.73. The zero-order valence-corrected chi connectivity index (χ0v) is 14.6. The second-order valence-electron chi connectivity index (χ2n) is 6.90. The van der Waals surface area contributed by atoms with Gasteiger partial charge in [0.1, 0.15) is 5.82 Å². The Balaban J connectivity index is 1.38. The molecule has 0 unspecified atom stereocenters. The van der Waals surface area contributed by atoms with Gasteiger partial charge in [0.2, 0.25) is 0 Å². The van der Waals surface area contributed by atoms with Gasteiger partial charge < -0.3 is 20.1 Å². The number of likely N-dealkylation sites (tertiary alicyclic amines) is 1. The van der Waals surface area contributed by atoms with Crippen molar-refractivity contribution >= 4 is 17.1 Å². The molecule has 2 N–H and O–H groups in total. The smallest absolute Gasteiger partial charge is 0.317 e. The van der Waals surface area contributed by atoms with Gasteiger partial charge >= 0.3 is 6.03 Å². The van der Waals surface area contributed by atoms with Crippen LogP contribution in [0.25, 0.3) is 11.0 Å². The molecule has 6 heteroatoms. The largest absolute Gasteiger partial charge is 0.342 e. The number of aryl methyl sites for hydroxylation is 1. The summed E-state index contributed by atoms with van der Waals surface area (Å²) in [5.74, 6) is 1.58. The summed E-state index contributed by atoms with van der Waals surface area (Å²) in [6.45, 7) is 3.47. The van der Waals surface area contributed by atoms with E-state index in [9.17, 15) is 4.79 Å². The Hall–Kier alpha value is -2.08. The minimum absolute atomic E-state index is 0.0702. The van der Waals surface area contributed by atoms with E-state index in [-0.39, 0.29) is 6.03 Å². The normalized spacial score (nSPS) is 17.8. The molecular weight excluding hydrogens is 302 g/mol. The maximum atomic E-state index is 12.2. The molecule has 1 fully saturated rings. The molecule has 2 amide bonds. The van der Waals surface area contributed by atoms with Gasteiger partial charge in [-0.15, -0.1) is 0 Å². The second-order valence-corrected chi connectivity index (χ2v) is 6.90. The van der Waals surface area contributed by atoms with Crippen molar-refractivity contribution in [2.75, 3.05) is 40.3 Å². The van der Waals surface area contributed by atoms with Gasteiger partial charge in [0, 0.05) is 32.6 Å². The molecule has 2 heterocycles. The first kappa shape index (κ1) is 16.8. The first-order valence-corrected chi connectivity index (χ1v) is 8.73. The number of amides is 2. The van der Waals surface area contributed by atoms with Crippen LogP contribution in [0.15, 0.2) is 24.3 Å². The van der Waals surface area contributed by atoms with Crippen molar-refractivity contribution in [2.45, 2.75) is 19.3 Å². The van der Waals surface area contributed by atoms with Crippen molar-refractivity contribution in [3.63, 3.8) is 0 Å². The average molecular weight is 329 g/mol. The number of benzene rings is 1. The van der Waals surface area contributed by atoms with Gasteiger partial charge in [-0.25, -0.2) is 9.78 Å². The Morgan fingerprint density at radius 3 is 3.04 bits per heavy atom. The van der Waals surface area contributed by atoms with Crippen LogP contribution in [0.4, 0.5) is 4.79 Å². The molecule has 0 bridgehead atoms. The van der Waals surface area contributed by atoms with Crippen LogP contribution in [0.5, 0.6) is 0 Å². The van der Waals surface area contributed by atoms with Crippen LogP contribution in [0.1, 0.15) is 18.7 Å². The predicted octanol–water partition coefficient (Wildman–Crippen LogP) is 2.09. The van der Waals surface area contributed by atoms with Crippen LogP contribution >= 0.6 is 0 Å². The Morgan fingerprint density at radius 2 is 2.25 bits per heavy atom. The van der Waals surface area contributed by atoms with E-state index in [1.807, 2.05) is 29.2 Å². The summed E-state index contributed by atoms with van der Waals surface area (Å²) in [6.07, 6.45) is 2.84. The van der Waals surface area contributed by atoms with E-state index in [0.29, 0.717) is 12.5 Å². The standard InChI is InChI=1S/C18H27N5O/c1-22(2)12-14-9-11-23(13-14)18(24)19-10-5-8-17-20-15-6-3-4-7-16(15)21-17/h3-4,6-7,14H,5,8-13H2,1-2H3,(H,19,24)(H,20,21)/t14-/m1/s1. The van der Waals surface area contributed by atoms with Crippen molar-refractivity contribution in [3.8, 4) is 0 Å². The number of imidazole rings is 1. The second kappa shape index (κ2) is 7.66. The van der Waals surface area contributed by atoms with Crippen molar-refractivity contribution in [3.05, 3.63) is 30.1 Å². The molecule has 1 aliphatic heterocycles. The highest BCUT2D eigenvalue weighted by Crippen LogP contribution is 2.16. The van der Waals surface area contributed by atoms with Gasteiger partial charge in [0.05, 0.1) is 11.0 Å². The molecule has 0 aliphatic carbocycles. The summed E-state index contributed by atoms with van der Waals surface area (Å²) in [5, 5.41) is 3.03. The topological polar surface area (TPSA) is 64.3 Å². The molecule has 24 heavy (non-hydrogen) atoms. The zero-order chi connectivity index (χ0) is 16.9. The lowest BCUT2D eigenvalue weighted by molar-refractivity contribution is 0.205. The number of urea groups is 1. The number of rotatable bonds is 6. The fraction of sp³-hybridized carbons (Fsp3) is 0.556. The van der Waals surface area contributed by atoms with Gasteiger partial charge in [-0.2, -0.15) is 0 Å². The van der Waals surface area contributed by atoms with Gasteiger partial charge in [0.15, 0.2) is 0 Å². The summed E-state index contributed by atoms with van der Waals surface area (Å²) in [4.78, 5) is 24.2. The number of aromatic nitrogens is 2. The highest BCUT2D eigenvalue weighted by molar-refractivity contribution is 5.75. The zero-order valence-electron chi connectivity index (χ0n) is 14.6. The van der Waals surface area contributed by atoms with E-state index in [1.54, 1.807) is 0 Å². The Labute approximate surface area is 143 Å². The van der Waals surface area contributed by atoms with E-state index in [0.717, 1.165) is 55.8 Å². The van der Waals surface area contributed by atoms with Crippen molar-refractivity contribution < 1.29 is 4.79 Å². The van der Waals surface area contributed by atoms with Crippen molar-refractivity contribution in [1.29, 1.82) is 0 Å². The first-order chi connectivity index (χ1) is 11.6. The van der Waals surface area contributed by atoms with E-state index in [2.05, 4.69) is 34.3 Å². The monoisotopic (exact) mass is 329 g/mol. The van der Waals surface area contributed by atoms with Crippen LogP contribution in [0.3, 0.4) is 0 Å². The molecule has 0 spiro atoms. The van der Waals surface area contributed by atoms with E-state index >= 15 is 0 Å². The number of carbonyl (C=O) groups is 1. The number of hydrogen-bond donors (Lipinski definition) is 2. The van der Waals surface area contributed by atoms with E-state index in [4.69, 9.17) is 0 Å². The SMILES string of the molecule is CN(C)C[C@H]1CCN(C(=O)NCCCc2nc3ccccc3[nH]2)C1. The summed E-state index contributed by atoms with van der Waals surface area (Å²) in [5.41, 5.74) is 2.07. The maximum Gasteiger partial charge on any atom is 0.317 e. The molecule has 1 aliphatic rings. The predicted molar refractivity (Wildman–Crippen MR) is 96.0 cm³/mol. The molecule has 1 aromatic carbocycles. The number of para-hydroxylation sites is 2. The summed E-state index contributed by atoms with van der Waals surface area (Å²) < 4.78 is 0. The summed E-state index contributed by atoms with van der Waals surface area (Å²) in [7, 11) is 4.17. The molecule has 6 nitrogen and oxygen atoms in total. The number of aromatic amines is 1. The molecule has 3 rings (SSSR count). The molecule has 130 valence electrons. The van der Waals surface area contributed by atoms with Crippen LogP contribution in [0.2, 0.25) is 0 Å². The Bertz CT molecular complexity index is 648. The third kappa shape index (κ3) is 4.26. The Morgan fingerprint density at radius 1 is 1.42 bits per heavy atom. The minimum Gasteiger partial charge on any atom is -0.342 e. The Kier molecular flexibility index (Phi) is 5.35. The molecule has 1 aromatic heterocycles. The molecule has 0 radical (unpaired) electrons. The van der Waals surface area contributed by atoms with Crippen LogP contribution in [0, 0.1) is 5.92 Å². The average Bonchev–Trinajstić information content (AvgIpc) is 3.17. The van der Waals surface area contributed by atoms with Crippen molar-refractivity contribution in [1.82, 2.24) is 25.1 Å². The molecular formula is C18H27N5O. The van der Waals surface area contributed by atoms with Gasteiger partial charge in [-0.05, 0) is 45.0 Å². The summed E-state index contributed by atoms with van der Waals surface area (Å²) in [6, 6.07) is 8.11. The highest BCUT2D eigenvalue weighted by Gasteiger charge is 2.26. The number of nitrogens with one attached hydrogen (secondary N) is 2. The molecule has 1 saturated heterocycles. The maximum absolute atomic E-state index is 12.2. The number of carbonyl (C=O) groups excluding carboxylic acids is 1. The minimum atomic E-state index is 0.0702. The van der Waals surface area contributed by atoms with Crippen LogP contribution < -0.4 is 5.32 Å². The molecule has 1 atom stereocenters. The lowest BCUT2D eigenvalue weighted by Gasteiger charge is -2.19. The van der Waals surface area contributed by atoms with Gasteiger partial charge in [-0.1, -0.05) is 12.1 Å². The van der Waals surface area contributed by atoms with Crippen LogP contribution in [-0.4, -0.2) is 66.1 Å². The highest BCUT2D eigenvalue weighted by atomic mass is 16.2. The fourth-order valence-electron chi connectivity index (χ4n) is 3.37. The lowest BCUT2D eigenvalue weighted by atomic mass is 10.1. The summed E-state index contributed by atoms with van der Waals surface area (Å²) >= 11 is 0. The fourth-order valence-corrected chi connectivity index (χ4v) is 3.37. The lowest BCUT2D eigenvalue weighted by Crippen LogP contribution is -2.39. The van der Waals surface area contributed by atoms with E-state index < -0.39 is 0 Å². The van der Waals surface area contributed by atoms with E-state index in [1.165, 1.54) is 0 Å². The van der Waals surface area contributed by atoms with Gasteiger partial charge in [0.25, 0.3) is 0 Å². The third-order valence-corrected chi connectivity index (χ3v) is 4.50.